The highest BCUT2D eigenvalue weighted by Crippen LogP contribution is 2.23. The lowest BCUT2D eigenvalue weighted by molar-refractivity contribution is -0.150. The molecule has 0 bridgehead atoms. The van der Waals surface area contributed by atoms with Gasteiger partial charge in [0.05, 0.1) is 13.7 Å². The predicted molar refractivity (Wildman–Crippen MR) is 70.0 cm³/mol. The number of ketones is 1. The van der Waals surface area contributed by atoms with Gasteiger partial charge in [-0.3, -0.25) is 9.59 Å². The van der Waals surface area contributed by atoms with E-state index >= 15 is 0 Å². The summed E-state index contributed by atoms with van der Waals surface area (Å²) in [5, 5.41) is 8.82. The molecule has 104 valence electrons. The summed E-state index contributed by atoms with van der Waals surface area (Å²) in [6.45, 7) is 3.42. The maximum absolute atomic E-state index is 11.7. The number of aliphatic hydroxyl groups excluding tert-OH is 1. The summed E-state index contributed by atoms with van der Waals surface area (Å²) in [5.41, 5.74) is 0. The Morgan fingerprint density at radius 3 is 2.44 bits per heavy atom. The molecule has 0 aromatic heterocycles. The maximum Gasteiger partial charge on any atom is 0.316 e. The van der Waals surface area contributed by atoms with Crippen LogP contribution in [-0.4, -0.2) is 30.6 Å². The Hall–Kier alpha value is -1.16. The number of hydrogen-bond acceptors (Lipinski definition) is 4. The molecule has 0 saturated carbocycles. The largest absolute Gasteiger partial charge is 0.468 e. The molecule has 4 nitrogen and oxygen atoms in total. The van der Waals surface area contributed by atoms with Gasteiger partial charge in [-0.15, -0.1) is 0 Å². The van der Waals surface area contributed by atoms with E-state index in [0.29, 0.717) is 0 Å². The van der Waals surface area contributed by atoms with Crippen LogP contribution in [-0.2, 0) is 14.3 Å². The number of rotatable bonds is 9. The molecule has 18 heavy (non-hydrogen) atoms. The minimum Gasteiger partial charge on any atom is -0.468 e. The third-order valence-electron chi connectivity index (χ3n) is 2.95. The van der Waals surface area contributed by atoms with Gasteiger partial charge in [-0.2, -0.15) is 0 Å². The highest BCUT2D eigenvalue weighted by molar-refractivity contribution is 5.98. The van der Waals surface area contributed by atoms with Gasteiger partial charge in [0.2, 0.25) is 0 Å². The van der Waals surface area contributed by atoms with E-state index in [1.165, 1.54) is 14.0 Å². The zero-order chi connectivity index (χ0) is 14.0. The monoisotopic (exact) mass is 256 g/mol. The first-order valence-electron chi connectivity index (χ1n) is 6.44. The van der Waals surface area contributed by atoms with Gasteiger partial charge in [-0.1, -0.05) is 38.3 Å². The van der Waals surface area contributed by atoms with E-state index in [9.17, 15) is 9.59 Å². The quantitative estimate of drug-likeness (QED) is 0.297. The molecule has 0 aliphatic heterocycles. The molecular weight excluding hydrogens is 232 g/mol. The molecule has 0 aliphatic rings. The van der Waals surface area contributed by atoms with Crippen molar-refractivity contribution in [2.24, 2.45) is 11.8 Å². The van der Waals surface area contributed by atoms with E-state index in [1.54, 1.807) is 12.2 Å². The van der Waals surface area contributed by atoms with E-state index in [2.05, 4.69) is 11.7 Å². The number of esters is 1. The molecule has 4 heteroatoms. The Labute approximate surface area is 109 Å². The normalized spacial score (nSPS) is 14.4. The van der Waals surface area contributed by atoms with Gasteiger partial charge >= 0.3 is 5.97 Å². The van der Waals surface area contributed by atoms with Gasteiger partial charge in [0.1, 0.15) is 11.7 Å². The highest BCUT2D eigenvalue weighted by atomic mass is 16.5. The second-order valence-electron chi connectivity index (χ2n) is 4.38. The first kappa shape index (κ1) is 16.8. The van der Waals surface area contributed by atoms with Crippen LogP contribution in [0.4, 0.5) is 0 Å². The van der Waals surface area contributed by atoms with Crippen molar-refractivity contribution < 1.29 is 19.4 Å². The summed E-state index contributed by atoms with van der Waals surface area (Å²) in [7, 11) is 1.29. The molecule has 0 heterocycles. The number of Topliss-reactive ketones (excluding diaryl/α,β-unsaturated/α-hetero) is 1. The molecular formula is C14H24O4. The van der Waals surface area contributed by atoms with Crippen molar-refractivity contribution in [2.75, 3.05) is 13.7 Å². The molecule has 0 amide bonds. The molecule has 0 aliphatic carbocycles. The third kappa shape index (κ3) is 5.96. The molecule has 0 radical (unpaired) electrons. The fourth-order valence-corrected chi connectivity index (χ4v) is 2.01. The van der Waals surface area contributed by atoms with E-state index in [1.807, 2.05) is 0 Å². The van der Waals surface area contributed by atoms with Crippen LogP contribution in [0.1, 0.15) is 39.5 Å². The number of aliphatic hydroxyl groups is 1. The number of ether oxygens (including phenoxy) is 1. The number of hydrogen-bond donors (Lipinski definition) is 1. The smallest absolute Gasteiger partial charge is 0.316 e. The lowest BCUT2D eigenvalue weighted by atomic mass is 9.84. The summed E-state index contributed by atoms with van der Waals surface area (Å²) in [6.07, 6.45) is 7.18. The van der Waals surface area contributed by atoms with E-state index < -0.39 is 11.9 Å². The van der Waals surface area contributed by atoms with Crippen molar-refractivity contribution >= 4 is 11.8 Å². The molecule has 0 spiro atoms. The first-order valence-corrected chi connectivity index (χ1v) is 6.44. The lowest BCUT2D eigenvalue weighted by Gasteiger charge is -2.20. The zero-order valence-electron chi connectivity index (χ0n) is 11.5. The van der Waals surface area contributed by atoms with Gasteiger partial charge in [-0.05, 0) is 19.3 Å². The van der Waals surface area contributed by atoms with Crippen LogP contribution in [0.5, 0.6) is 0 Å². The van der Waals surface area contributed by atoms with E-state index in [-0.39, 0.29) is 18.3 Å². The molecule has 2 atom stereocenters. The molecule has 0 fully saturated rings. The van der Waals surface area contributed by atoms with Crippen LogP contribution >= 0.6 is 0 Å². The molecule has 0 aromatic rings. The third-order valence-corrected chi connectivity index (χ3v) is 2.95. The summed E-state index contributed by atoms with van der Waals surface area (Å²) in [6, 6.07) is 0. The molecule has 2 unspecified atom stereocenters. The SMILES string of the molecule is CCCCCC(/C=C/CO)C(C(C)=O)C(=O)OC. The molecule has 1 N–H and O–H groups in total. The lowest BCUT2D eigenvalue weighted by Crippen LogP contribution is -2.30. The Kier molecular flexibility index (Phi) is 9.19. The summed E-state index contributed by atoms with van der Waals surface area (Å²) in [5.74, 6) is -1.62. The van der Waals surface area contributed by atoms with Crippen LogP contribution in [0, 0.1) is 11.8 Å². The maximum atomic E-state index is 11.7. The van der Waals surface area contributed by atoms with Gasteiger partial charge in [0.25, 0.3) is 0 Å². The number of carbonyl (C=O) groups is 2. The Morgan fingerprint density at radius 1 is 1.33 bits per heavy atom. The Bertz CT molecular complexity index is 284. The van der Waals surface area contributed by atoms with Crippen LogP contribution in [0.2, 0.25) is 0 Å². The fourth-order valence-electron chi connectivity index (χ4n) is 2.01. The van der Waals surface area contributed by atoms with E-state index in [0.717, 1.165) is 25.7 Å². The van der Waals surface area contributed by atoms with Gasteiger partial charge in [0, 0.05) is 0 Å². The fraction of sp³-hybridized carbons (Fsp3) is 0.714. The number of methoxy groups -OCH3 is 1. The van der Waals surface area contributed by atoms with Gasteiger partial charge in [-0.25, -0.2) is 0 Å². The van der Waals surface area contributed by atoms with Gasteiger partial charge in [0.15, 0.2) is 0 Å². The second kappa shape index (κ2) is 9.83. The second-order valence-corrected chi connectivity index (χ2v) is 4.38. The summed E-state index contributed by atoms with van der Waals surface area (Å²) in [4.78, 5) is 23.2. The van der Waals surface area contributed by atoms with Crippen molar-refractivity contribution in [3.8, 4) is 0 Å². The highest BCUT2D eigenvalue weighted by Gasteiger charge is 2.31. The topological polar surface area (TPSA) is 63.6 Å². The van der Waals surface area contributed by atoms with Crippen molar-refractivity contribution in [3.63, 3.8) is 0 Å². The average molecular weight is 256 g/mol. The number of carbonyl (C=O) groups excluding carboxylic acids is 2. The molecule has 0 saturated heterocycles. The predicted octanol–water partition coefficient (Wildman–Crippen LogP) is 2.11. The van der Waals surface area contributed by atoms with Crippen LogP contribution in [0.25, 0.3) is 0 Å². The standard InChI is InChI=1S/C14H24O4/c1-4-5-6-8-12(9-7-10-15)13(11(2)16)14(17)18-3/h7,9,12-13,15H,4-6,8,10H2,1-3H3/b9-7+. The van der Waals surface area contributed by atoms with Crippen LogP contribution in [0.3, 0.4) is 0 Å². The average Bonchev–Trinajstić information content (AvgIpc) is 2.35. The Morgan fingerprint density at radius 2 is 2.00 bits per heavy atom. The number of unbranched alkanes of at least 4 members (excludes halogenated alkanes) is 2. The zero-order valence-corrected chi connectivity index (χ0v) is 11.5. The number of allylic oxidation sites excluding steroid dienone is 1. The molecule has 0 aromatic carbocycles. The molecule has 0 rings (SSSR count). The van der Waals surface area contributed by atoms with Crippen molar-refractivity contribution in [2.45, 2.75) is 39.5 Å². The van der Waals surface area contributed by atoms with Crippen LogP contribution < -0.4 is 0 Å². The summed E-state index contributed by atoms with van der Waals surface area (Å²) >= 11 is 0. The van der Waals surface area contributed by atoms with Gasteiger partial charge < -0.3 is 9.84 Å². The van der Waals surface area contributed by atoms with Crippen molar-refractivity contribution in [3.05, 3.63) is 12.2 Å². The minimum atomic E-state index is -0.755. The summed E-state index contributed by atoms with van der Waals surface area (Å²) < 4.78 is 4.68. The Balaban J connectivity index is 4.80. The first-order chi connectivity index (χ1) is 8.58. The van der Waals surface area contributed by atoms with Crippen molar-refractivity contribution in [1.29, 1.82) is 0 Å². The van der Waals surface area contributed by atoms with E-state index in [4.69, 9.17) is 5.11 Å². The van der Waals surface area contributed by atoms with Crippen molar-refractivity contribution in [1.82, 2.24) is 0 Å². The minimum absolute atomic E-state index is 0.0872. The van der Waals surface area contributed by atoms with Crippen LogP contribution in [0.15, 0.2) is 12.2 Å².